The van der Waals surface area contributed by atoms with Gasteiger partial charge in [-0.15, -0.1) is 0 Å². The summed E-state index contributed by atoms with van der Waals surface area (Å²) in [6.07, 6.45) is 3.39. The Morgan fingerprint density at radius 1 is 1.09 bits per heavy atom. The van der Waals surface area contributed by atoms with Gasteiger partial charge in [-0.1, -0.05) is 70.3 Å². The summed E-state index contributed by atoms with van der Waals surface area (Å²) in [7, 11) is 0. The summed E-state index contributed by atoms with van der Waals surface area (Å²) >= 11 is 6.06. The Morgan fingerprint density at radius 2 is 1.81 bits per heavy atom. The van der Waals surface area contributed by atoms with E-state index in [0.29, 0.717) is 34.9 Å². The molecule has 1 unspecified atom stereocenters. The van der Waals surface area contributed by atoms with Crippen molar-refractivity contribution in [2.75, 3.05) is 6.61 Å². The number of benzene rings is 2. The molecule has 0 saturated carbocycles. The second-order valence-corrected chi connectivity index (χ2v) is 9.23. The molecular formula is C27H35ClO4. The molecule has 0 aliphatic heterocycles. The van der Waals surface area contributed by atoms with E-state index in [1.165, 1.54) is 0 Å². The first-order valence-electron chi connectivity index (χ1n) is 11.4. The molecule has 0 heterocycles. The van der Waals surface area contributed by atoms with Gasteiger partial charge in [-0.25, -0.2) is 4.79 Å². The zero-order chi connectivity index (χ0) is 23.9. The summed E-state index contributed by atoms with van der Waals surface area (Å²) in [6, 6.07) is 10.7. The van der Waals surface area contributed by atoms with Crippen LogP contribution in [0.1, 0.15) is 93.3 Å². The van der Waals surface area contributed by atoms with Gasteiger partial charge in [0.05, 0.1) is 18.1 Å². The highest BCUT2D eigenvalue weighted by molar-refractivity contribution is 6.30. The second-order valence-electron chi connectivity index (χ2n) is 8.80. The summed E-state index contributed by atoms with van der Waals surface area (Å²) in [5.41, 5.74) is 2.92. The van der Waals surface area contributed by atoms with E-state index in [0.717, 1.165) is 30.4 Å². The summed E-state index contributed by atoms with van der Waals surface area (Å²) in [6.45, 7) is 12.6. The summed E-state index contributed by atoms with van der Waals surface area (Å²) < 4.78 is 11.3. The van der Waals surface area contributed by atoms with Gasteiger partial charge in [-0.2, -0.15) is 0 Å². The first-order chi connectivity index (χ1) is 15.1. The number of hydrogen-bond donors (Lipinski definition) is 0. The molecule has 2 aromatic rings. The van der Waals surface area contributed by atoms with Crippen LogP contribution in [-0.4, -0.2) is 18.5 Å². The van der Waals surface area contributed by atoms with E-state index in [2.05, 4.69) is 33.8 Å². The van der Waals surface area contributed by atoms with Crippen LogP contribution in [0.5, 0.6) is 5.75 Å². The third-order valence-electron chi connectivity index (χ3n) is 6.02. The van der Waals surface area contributed by atoms with Crippen molar-refractivity contribution in [1.82, 2.24) is 0 Å². The molecule has 0 aliphatic carbocycles. The van der Waals surface area contributed by atoms with E-state index < -0.39 is 11.9 Å². The van der Waals surface area contributed by atoms with Crippen molar-refractivity contribution in [3.8, 4) is 5.75 Å². The number of halogens is 1. The smallest absolute Gasteiger partial charge is 0.343 e. The van der Waals surface area contributed by atoms with E-state index in [4.69, 9.17) is 21.1 Å². The molecule has 0 saturated heterocycles. The topological polar surface area (TPSA) is 52.6 Å². The maximum Gasteiger partial charge on any atom is 0.343 e. The number of hydrogen-bond acceptors (Lipinski definition) is 4. The molecule has 4 nitrogen and oxygen atoms in total. The van der Waals surface area contributed by atoms with Gasteiger partial charge in [0, 0.05) is 10.6 Å². The van der Waals surface area contributed by atoms with Crippen LogP contribution in [0, 0.1) is 6.92 Å². The fraction of sp³-hybridized carbons (Fsp3) is 0.481. The van der Waals surface area contributed by atoms with Crippen LogP contribution in [0.25, 0.3) is 0 Å². The number of aryl methyl sites for hydroxylation is 1. The molecule has 32 heavy (non-hydrogen) atoms. The first-order valence-corrected chi connectivity index (χ1v) is 11.8. The molecule has 174 valence electrons. The number of rotatable bonds is 10. The summed E-state index contributed by atoms with van der Waals surface area (Å²) in [4.78, 5) is 25.9. The summed E-state index contributed by atoms with van der Waals surface area (Å²) in [5, 5.41) is 0.462. The Balaban J connectivity index is 2.62. The number of carbonyl (C=O) groups excluding carboxylic acids is 2. The lowest BCUT2D eigenvalue weighted by Gasteiger charge is -2.28. The average molecular weight is 459 g/mol. The lowest BCUT2D eigenvalue weighted by molar-refractivity contribution is -0.145. The molecule has 0 spiro atoms. The van der Waals surface area contributed by atoms with Crippen molar-refractivity contribution in [3.05, 3.63) is 63.7 Å². The van der Waals surface area contributed by atoms with Gasteiger partial charge in [0.1, 0.15) is 5.75 Å². The Morgan fingerprint density at radius 3 is 2.41 bits per heavy atom. The van der Waals surface area contributed by atoms with E-state index >= 15 is 0 Å². The predicted molar refractivity (Wildman–Crippen MR) is 130 cm³/mol. The highest BCUT2D eigenvalue weighted by Gasteiger charge is 2.30. The normalized spacial score (nSPS) is 12.3. The van der Waals surface area contributed by atoms with Gasteiger partial charge in [-0.05, 0) is 61.4 Å². The fourth-order valence-corrected chi connectivity index (χ4v) is 3.80. The van der Waals surface area contributed by atoms with Gasteiger partial charge >= 0.3 is 11.9 Å². The predicted octanol–water partition coefficient (Wildman–Crippen LogP) is 7.39. The van der Waals surface area contributed by atoms with Crippen molar-refractivity contribution < 1.29 is 19.1 Å². The van der Waals surface area contributed by atoms with Gasteiger partial charge in [-0.3, -0.25) is 4.79 Å². The lowest BCUT2D eigenvalue weighted by Crippen LogP contribution is -2.22. The Hall–Kier alpha value is -2.33. The van der Waals surface area contributed by atoms with Crippen molar-refractivity contribution in [2.24, 2.45) is 0 Å². The van der Waals surface area contributed by atoms with E-state index in [1.807, 2.05) is 13.0 Å². The highest BCUT2D eigenvalue weighted by Crippen LogP contribution is 2.39. The van der Waals surface area contributed by atoms with Crippen LogP contribution in [0.15, 0.2) is 36.4 Å². The lowest BCUT2D eigenvalue weighted by atomic mass is 9.79. The molecule has 0 fully saturated rings. The monoisotopic (exact) mass is 458 g/mol. The van der Waals surface area contributed by atoms with Gasteiger partial charge in [0.25, 0.3) is 0 Å². The maximum absolute atomic E-state index is 13.0. The quantitative estimate of drug-likeness (QED) is 0.275. The van der Waals surface area contributed by atoms with E-state index in [-0.39, 0.29) is 11.4 Å². The number of ether oxygens (including phenoxy) is 2. The Kier molecular flexibility index (Phi) is 9.33. The minimum Gasteiger partial charge on any atom is -0.466 e. The van der Waals surface area contributed by atoms with Gasteiger partial charge in [0.15, 0.2) is 0 Å². The number of esters is 2. The molecule has 0 N–H and O–H groups in total. The van der Waals surface area contributed by atoms with Crippen LogP contribution in [0.4, 0.5) is 0 Å². The Labute approximate surface area is 197 Å². The molecular weight excluding hydrogens is 424 g/mol. The molecule has 5 heteroatoms. The molecule has 0 aliphatic rings. The second kappa shape index (κ2) is 11.5. The zero-order valence-electron chi connectivity index (χ0n) is 20.1. The summed E-state index contributed by atoms with van der Waals surface area (Å²) in [5.74, 6) is -0.854. The molecule has 2 rings (SSSR count). The van der Waals surface area contributed by atoms with Crippen LogP contribution >= 0.6 is 11.6 Å². The minimum absolute atomic E-state index is 0.0844. The SMILES string of the molecule is CCCCC(C(=O)OCC)c1cc(C(C)(C)CC)cc(C)c1OC(=O)c1cccc(Cl)c1. The van der Waals surface area contributed by atoms with E-state index in [9.17, 15) is 9.59 Å². The fourth-order valence-electron chi connectivity index (χ4n) is 3.61. The maximum atomic E-state index is 13.0. The number of carbonyl (C=O) groups is 2. The standard InChI is InChI=1S/C27H35ClO4/c1-7-10-14-22(26(30)31-9-3)23-17-20(27(5,6)8-2)15-18(4)24(23)32-25(29)19-12-11-13-21(28)16-19/h11-13,15-17,22H,7-10,14H2,1-6H3. The molecule has 0 radical (unpaired) electrons. The molecule has 2 aromatic carbocycles. The third-order valence-corrected chi connectivity index (χ3v) is 6.25. The Bertz CT molecular complexity index is 949. The molecule has 0 bridgehead atoms. The van der Waals surface area contributed by atoms with Crippen LogP contribution in [0.2, 0.25) is 5.02 Å². The highest BCUT2D eigenvalue weighted by atomic mass is 35.5. The van der Waals surface area contributed by atoms with Gasteiger partial charge < -0.3 is 9.47 Å². The van der Waals surface area contributed by atoms with Crippen molar-refractivity contribution in [3.63, 3.8) is 0 Å². The van der Waals surface area contributed by atoms with Gasteiger partial charge in [0.2, 0.25) is 0 Å². The largest absolute Gasteiger partial charge is 0.466 e. The van der Waals surface area contributed by atoms with Crippen molar-refractivity contribution in [2.45, 2.75) is 78.6 Å². The van der Waals surface area contributed by atoms with Crippen molar-refractivity contribution in [1.29, 1.82) is 0 Å². The zero-order valence-corrected chi connectivity index (χ0v) is 20.8. The van der Waals surface area contributed by atoms with Crippen LogP contribution in [0.3, 0.4) is 0 Å². The number of unbranched alkanes of at least 4 members (excludes halogenated alkanes) is 1. The first kappa shape index (κ1) is 25.9. The molecule has 0 aromatic heterocycles. The van der Waals surface area contributed by atoms with Crippen molar-refractivity contribution >= 4 is 23.5 Å². The minimum atomic E-state index is -0.502. The van der Waals surface area contributed by atoms with Crippen LogP contribution < -0.4 is 4.74 Å². The van der Waals surface area contributed by atoms with E-state index in [1.54, 1.807) is 31.2 Å². The average Bonchev–Trinajstić information content (AvgIpc) is 2.75. The molecule has 0 amide bonds. The third kappa shape index (κ3) is 6.35. The van der Waals surface area contributed by atoms with Crippen LogP contribution in [-0.2, 0) is 14.9 Å². The molecule has 1 atom stereocenters.